The number of methoxy groups -OCH3 is 1. The highest BCUT2D eigenvalue weighted by atomic mass is 16.6. The second-order valence-electron chi connectivity index (χ2n) is 6.85. The predicted octanol–water partition coefficient (Wildman–Crippen LogP) is 2.32. The van der Waals surface area contributed by atoms with Gasteiger partial charge in [-0.25, -0.2) is 9.59 Å². The molecule has 1 aromatic heterocycles. The maximum Gasteiger partial charge on any atom is 0.411 e. The zero-order valence-corrected chi connectivity index (χ0v) is 14.7. The third kappa shape index (κ3) is 4.59. The summed E-state index contributed by atoms with van der Waals surface area (Å²) in [6.07, 6.45) is 2.80. The summed E-state index contributed by atoms with van der Waals surface area (Å²) >= 11 is 0. The minimum Gasteiger partial charge on any atom is -0.487 e. The lowest BCUT2D eigenvalue weighted by molar-refractivity contribution is -0.145. The van der Waals surface area contributed by atoms with E-state index in [1.807, 2.05) is 13.0 Å². The molecule has 1 aromatic rings. The first-order valence-corrected chi connectivity index (χ1v) is 7.85. The van der Waals surface area contributed by atoms with E-state index >= 15 is 0 Å². The highest BCUT2D eigenvalue weighted by Crippen LogP contribution is 2.26. The number of aryl methyl sites for hydroxylation is 1. The molecule has 0 spiro atoms. The molecule has 2 atom stereocenters. The molecule has 132 valence electrons. The fraction of sp³-hybridized carbons (Fsp3) is 0.588. The van der Waals surface area contributed by atoms with E-state index in [2.05, 4.69) is 4.98 Å². The average molecular weight is 336 g/mol. The van der Waals surface area contributed by atoms with Crippen molar-refractivity contribution in [3.63, 3.8) is 0 Å². The van der Waals surface area contributed by atoms with Crippen LogP contribution in [0, 0.1) is 6.92 Å². The number of pyridine rings is 1. The Morgan fingerprint density at radius 3 is 2.58 bits per heavy atom. The Labute approximate surface area is 141 Å². The fourth-order valence-corrected chi connectivity index (χ4v) is 2.55. The molecule has 0 bridgehead atoms. The van der Waals surface area contributed by atoms with Crippen molar-refractivity contribution in [3.05, 3.63) is 24.0 Å². The molecule has 0 radical (unpaired) electrons. The summed E-state index contributed by atoms with van der Waals surface area (Å²) in [5.74, 6) is 0.129. The Morgan fingerprint density at radius 1 is 1.29 bits per heavy atom. The molecule has 1 saturated heterocycles. The number of aromatic nitrogens is 1. The van der Waals surface area contributed by atoms with Crippen LogP contribution in [-0.4, -0.2) is 53.3 Å². The monoisotopic (exact) mass is 336 g/mol. The van der Waals surface area contributed by atoms with Crippen molar-refractivity contribution >= 4 is 12.1 Å². The van der Waals surface area contributed by atoms with Gasteiger partial charge in [-0.15, -0.1) is 0 Å². The topological polar surface area (TPSA) is 78.0 Å². The van der Waals surface area contributed by atoms with Gasteiger partial charge in [0.1, 0.15) is 23.5 Å². The van der Waals surface area contributed by atoms with Gasteiger partial charge in [0.2, 0.25) is 0 Å². The maximum atomic E-state index is 12.4. The largest absolute Gasteiger partial charge is 0.487 e. The first-order chi connectivity index (χ1) is 11.2. The van der Waals surface area contributed by atoms with E-state index in [4.69, 9.17) is 14.2 Å². The molecular formula is C17H24N2O5. The number of amides is 1. The van der Waals surface area contributed by atoms with Crippen LogP contribution >= 0.6 is 0 Å². The quantitative estimate of drug-likeness (QED) is 0.788. The number of esters is 1. The SMILES string of the molecule is COC(=O)[C@@H]1C[C@@H](Oc2cncc(C)c2)CN1C(=O)OC(C)(C)C. The number of carbonyl (C=O) groups is 2. The Morgan fingerprint density at radius 2 is 2.00 bits per heavy atom. The van der Waals surface area contributed by atoms with Gasteiger partial charge in [0.15, 0.2) is 0 Å². The molecule has 7 heteroatoms. The maximum absolute atomic E-state index is 12.4. The summed E-state index contributed by atoms with van der Waals surface area (Å²) in [4.78, 5) is 29.8. The number of hydrogen-bond acceptors (Lipinski definition) is 6. The zero-order valence-electron chi connectivity index (χ0n) is 14.7. The van der Waals surface area contributed by atoms with Crippen molar-refractivity contribution in [2.45, 2.75) is 51.9 Å². The molecule has 0 saturated carbocycles. The second-order valence-corrected chi connectivity index (χ2v) is 6.85. The number of hydrogen-bond donors (Lipinski definition) is 0. The van der Waals surface area contributed by atoms with Crippen molar-refractivity contribution < 1.29 is 23.8 Å². The highest BCUT2D eigenvalue weighted by Gasteiger charge is 2.43. The van der Waals surface area contributed by atoms with Crippen LogP contribution in [0.15, 0.2) is 18.5 Å². The number of ether oxygens (including phenoxy) is 3. The number of carbonyl (C=O) groups excluding carboxylic acids is 2. The molecule has 1 fully saturated rings. The molecule has 2 heterocycles. The molecule has 1 aliphatic heterocycles. The Balaban J connectivity index is 2.11. The van der Waals surface area contributed by atoms with Crippen LogP contribution in [0.25, 0.3) is 0 Å². The Hall–Kier alpha value is -2.31. The molecular weight excluding hydrogens is 312 g/mol. The van der Waals surface area contributed by atoms with Crippen LogP contribution in [0.5, 0.6) is 5.75 Å². The lowest BCUT2D eigenvalue weighted by Crippen LogP contribution is -2.44. The molecule has 0 N–H and O–H groups in total. The molecule has 1 amide bonds. The van der Waals surface area contributed by atoms with Gasteiger partial charge in [0.05, 0.1) is 19.9 Å². The summed E-state index contributed by atoms with van der Waals surface area (Å²) < 4.78 is 16.1. The highest BCUT2D eigenvalue weighted by molar-refractivity contribution is 5.82. The van der Waals surface area contributed by atoms with E-state index in [0.29, 0.717) is 12.2 Å². The molecule has 7 nitrogen and oxygen atoms in total. The van der Waals surface area contributed by atoms with Crippen LogP contribution in [0.4, 0.5) is 4.79 Å². The van der Waals surface area contributed by atoms with Crippen molar-refractivity contribution in [1.82, 2.24) is 9.88 Å². The zero-order chi connectivity index (χ0) is 17.9. The van der Waals surface area contributed by atoms with E-state index in [1.165, 1.54) is 12.0 Å². The van der Waals surface area contributed by atoms with Crippen LogP contribution in [-0.2, 0) is 14.3 Å². The molecule has 24 heavy (non-hydrogen) atoms. The van der Waals surface area contributed by atoms with Crippen molar-refractivity contribution in [2.24, 2.45) is 0 Å². The van der Waals surface area contributed by atoms with Gasteiger partial charge in [-0.2, -0.15) is 0 Å². The van der Waals surface area contributed by atoms with E-state index in [-0.39, 0.29) is 12.6 Å². The predicted molar refractivity (Wildman–Crippen MR) is 86.8 cm³/mol. The normalized spacial score (nSPS) is 20.6. The summed E-state index contributed by atoms with van der Waals surface area (Å²) in [7, 11) is 1.30. The first kappa shape index (κ1) is 18.0. The lowest BCUT2D eigenvalue weighted by Gasteiger charge is -2.27. The van der Waals surface area contributed by atoms with Crippen LogP contribution < -0.4 is 4.74 Å². The lowest BCUT2D eigenvalue weighted by atomic mass is 10.2. The number of rotatable bonds is 3. The van der Waals surface area contributed by atoms with Gasteiger partial charge in [0, 0.05) is 12.6 Å². The summed E-state index contributed by atoms with van der Waals surface area (Å²) in [6.45, 7) is 7.50. The standard InChI is InChI=1S/C17H24N2O5/c1-11-6-12(9-18-8-11)23-13-7-14(15(20)22-5)19(10-13)16(21)24-17(2,3)4/h6,8-9,13-14H,7,10H2,1-5H3/t13-,14+/m1/s1. The molecule has 0 aliphatic carbocycles. The van der Waals surface area contributed by atoms with E-state index in [0.717, 1.165) is 5.56 Å². The third-order valence-electron chi connectivity index (χ3n) is 3.52. The average Bonchev–Trinajstić information content (AvgIpc) is 2.88. The summed E-state index contributed by atoms with van der Waals surface area (Å²) in [5, 5.41) is 0. The van der Waals surface area contributed by atoms with Gasteiger partial charge in [-0.3, -0.25) is 9.88 Å². The summed E-state index contributed by atoms with van der Waals surface area (Å²) in [6, 6.07) is 1.14. The van der Waals surface area contributed by atoms with Crippen molar-refractivity contribution in [1.29, 1.82) is 0 Å². The second kappa shape index (κ2) is 7.07. The molecule has 1 aliphatic rings. The van der Waals surface area contributed by atoms with Crippen molar-refractivity contribution in [3.8, 4) is 5.75 Å². The van der Waals surface area contributed by atoms with Gasteiger partial charge in [-0.1, -0.05) is 0 Å². The first-order valence-electron chi connectivity index (χ1n) is 7.85. The van der Waals surface area contributed by atoms with Crippen molar-refractivity contribution in [2.75, 3.05) is 13.7 Å². The third-order valence-corrected chi connectivity index (χ3v) is 3.52. The minimum atomic E-state index is -0.715. The van der Waals surface area contributed by atoms with Crippen LogP contribution in [0.1, 0.15) is 32.8 Å². The van der Waals surface area contributed by atoms with Crippen LogP contribution in [0.2, 0.25) is 0 Å². The fourth-order valence-electron chi connectivity index (χ4n) is 2.55. The number of nitrogens with zero attached hydrogens (tertiary/aromatic N) is 2. The number of likely N-dealkylation sites (tertiary alicyclic amines) is 1. The smallest absolute Gasteiger partial charge is 0.411 e. The Bertz CT molecular complexity index is 611. The van der Waals surface area contributed by atoms with Gasteiger partial charge < -0.3 is 14.2 Å². The van der Waals surface area contributed by atoms with Gasteiger partial charge in [0.25, 0.3) is 0 Å². The van der Waals surface area contributed by atoms with Gasteiger partial charge in [-0.05, 0) is 39.3 Å². The molecule has 0 unspecified atom stereocenters. The van der Waals surface area contributed by atoms with Gasteiger partial charge >= 0.3 is 12.1 Å². The van der Waals surface area contributed by atoms with E-state index in [9.17, 15) is 9.59 Å². The van der Waals surface area contributed by atoms with Crippen LogP contribution in [0.3, 0.4) is 0 Å². The Kier molecular flexibility index (Phi) is 5.31. The van der Waals surface area contributed by atoms with E-state index < -0.39 is 23.7 Å². The molecule has 0 aromatic carbocycles. The molecule has 2 rings (SSSR count). The minimum absolute atomic E-state index is 0.253. The van der Waals surface area contributed by atoms with E-state index in [1.54, 1.807) is 33.2 Å². The summed E-state index contributed by atoms with van der Waals surface area (Å²) in [5.41, 5.74) is 0.330.